The molecule has 0 spiro atoms. The topological polar surface area (TPSA) is 51.4 Å². The van der Waals surface area contributed by atoms with E-state index in [0.29, 0.717) is 18.2 Å². The highest BCUT2D eigenvalue weighted by Crippen LogP contribution is 2.36. The molecule has 1 heterocycles. The van der Waals surface area contributed by atoms with Gasteiger partial charge in [0.25, 0.3) is 0 Å². The Morgan fingerprint density at radius 3 is 2.40 bits per heavy atom. The standard InChI is InChI=1S/C16H25N3O/c1-2-9-20-16-14(17)7-8-15(18-16)19(10-12-3-4-12)11-13-5-6-13/h7-8,12-13H,2-6,9-11,17H2,1H3. The monoisotopic (exact) mass is 275 g/mol. The Balaban J connectivity index is 1.73. The Kier molecular flexibility index (Phi) is 3.99. The van der Waals surface area contributed by atoms with Gasteiger partial charge < -0.3 is 15.4 Å². The van der Waals surface area contributed by atoms with Crippen molar-refractivity contribution in [2.45, 2.75) is 39.0 Å². The molecule has 0 unspecified atom stereocenters. The molecule has 1 aromatic heterocycles. The molecule has 0 aromatic carbocycles. The summed E-state index contributed by atoms with van der Waals surface area (Å²) in [5.74, 6) is 3.37. The van der Waals surface area contributed by atoms with Crippen molar-refractivity contribution in [3.05, 3.63) is 12.1 Å². The van der Waals surface area contributed by atoms with Crippen LogP contribution < -0.4 is 15.4 Å². The summed E-state index contributed by atoms with van der Waals surface area (Å²) in [6.45, 7) is 5.04. The zero-order chi connectivity index (χ0) is 13.9. The number of hydrogen-bond donors (Lipinski definition) is 1. The minimum Gasteiger partial charge on any atom is -0.476 e. The van der Waals surface area contributed by atoms with E-state index < -0.39 is 0 Å². The molecule has 0 radical (unpaired) electrons. The smallest absolute Gasteiger partial charge is 0.239 e. The van der Waals surface area contributed by atoms with Crippen LogP contribution >= 0.6 is 0 Å². The van der Waals surface area contributed by atoms with E-state index in [1.165, 1.54) is 25.7 Å². The van der Waals surface area contributed by atoms with Gasteiger partial charge in [-0.2, -0.15) is 4.98 Å². The van der Waals surface area contributed by atoms with Crippen LogP contribution in [0.15, 0.2) is 12.1 Å². The van der Waals surface area contributed by atoms with Crippen LogP contribution in [0.3, 0.4) is 0 Å². The van der Waals surface area contributed by atoms with Crippen molar-refractivity contribution in [2.24, 2.45) is 11.8 Å². The van der Waals surface area contributed by atoms with Gasteiger partial charge in [-0.15, -0.1) is 0 Å². The van der Waals surface area contributed by atoms with E-state index in [4.69, 9.17) is 10.5 Å². The fourth-order valence-electron chi connectivity index (χ4n) is 2.42. The third-order valence-electron chi connectivity index (χ3n) is 3.99. The van der Waals surface area contributed by atoms with Gasteiger partial charge >= 0.3 is 0 Å². The van der Waals surface area contributed by atoms with Gasteiger partial charge in [-0.1, -0.05) is 6.92 Å². The molecule has 2 aliphatic carbocycles. The predicted molar refractivity (Wildman–Crippen MR) is 82.1 cm³/mol. The van der Waals surface area contributed by atoms with E-state index >= 15 is 0 Å². The van der Waals surface area contributed by atoms with Crippen LogP contribution in [0.1, 0.15) is 39.0 Å². The molecule has 0 bridgehead atoms. The lowest BCUT2D eigenvalue weighted by Gasteiger charge is -2.24. The lowest BCUT2D eigenvalue weighted by Crippen LogP contribution is -2.29. The predicted octanol–water partition coefficient (Wildman–Crippen LogP) is 3.08. The van der Waals surface area contributed by atoms with Crippen molar-refractivity contribution in [1.82, 2.24) is 4.98 Å². The fraction of sp³-hybridized carbons (Fsp3) is 0.688. The Bertz CT molecular complexity index is 441. The number of nitrogens with two attached hydrogens (primary N) is 1. The maximum atomic E-state index is 5.95. The van der Waals surface area contributed by atoms with E-state index in [1.54, 1.807) is 0 Å². The number of hydrogen-bond acceptors (Lipinski definition) is 4. The van der Waals surface area contributed by atoms with Crippen LogP contribution in [0, 0.1) is 11.8 Å². The van der Waals surface area contributed by atoms with Gasteiger partial charge in [-0.25, -0.2) is 0 Å². The maximum absolute atomic E-state index is 5.95. The first-order chi connectivity index (χ1) is 9.76. The molecule has 0 amide bonds. The summed E-state index contributed by atoms with van der Waals surface area (Å²) in [6, 6.07) is 3.97. The van der Waals surface area contributed by atoms with Crippen molar-refractivity contribution in [3.63, 3.8) is 0 Å². The summed E-state index contributed by atoms with van der Waals surface area (Å²) < 4.78 is 5.66. The molecule has 4 nitrogen and oxygen atoms in total. The van der Waals surface area contributed by atoms with Gasteiger partial charge in [-0.3, -0.25) is 0 Å². The quantitative estimate of drug-likeness (QED) is 0.792. The van der Waals surface area contributed by atoms with Gasteiger partial charge in [0.15, 0.2) is 0 Å². The fourth-order valence-corrected chi connectivity index (χ4v) is 2.42. The second-order valence-electron chi connectivity index (χ2n) is 6.20. The Labute approximate surface area is 121 Å². The molecule has 20 heavy (non-hydrogen) atoms. The first kappa shape index (κ1) is 13.5. The zero-order valence-electron chi connectivity index (χ0n) is 12.3. The van der Waals surface area contributed by atoms with Gasteiger partial charge in [-0.05, 0) is 56.1 Å². The number of aromatic nitrogens is 1. The summed E-state index contributed by atoms with van der Waals surface area (Å²) >= 11 is 0. The van der Waals surface area contributed by atoms with E-state index in [0.717, 1.165) is 37.2 Å². The highest BCUT2D eigenvalue weighted by Gasteiger charge is 2.30. The molecule has 2 N–H and O–H groups in total. The van der Waals surface area contributed by atoms with Crippen LogP contribution in [-0.4, -0.2) is 24.7 Å². The van der Waals surface area contributed by atoms with Gasteiger partial charge in [0.1, 0.15) is 5.82 Å². The molecule has 0 aliphatic heterocycles. The summed E-state index contributed by atoms with van der Waals surface area (Å²) in [4.78, 5) is 7.09. The summed E-state index contributed by atoms with van der Waals surface area (Å²) in [5, 5.41) is 0. The summed E-state index contributed by atoms with van der Waals surface area (Å²) in [7, 11) is 0. The molecular weight excluding hydrogens is 250 g/mol. The molecular formula is C16H25N3O. The number of nitrogens with zero attached hydrogens (tertiary/aromatic N) is 2. The number of nitrogen functional groups attached to an aromatic ring is 1. The molecule has 2 saturated carbocycles. The van der Waals surface area contributed by atoms with Gasteiger partial charge in [0, 0.05) is 13.1 Å². The van der Waals surface area contributed by atoms with Crippen molar-refractivity contribution in [1.29, 1.82) is 0 Å². The van der Waals surface area contributed by atoms with Crippen LogP contribution in [0.2, 0.25) is 0 Å². The molecule has 2 fully saturated rings. The number of rotatable bonds is 8. The van der Waals surface area contributed by atoms with Crippen LogP contribution in [-0.2, 0) is 0 Å². The first-order valence-corrected chi connectivity index (χ1v) is 7.90. The molecule has 0 atom stereocenters. The third-order valence-corrected chi connectivity index (χ3v) is 3.99. The van der Waals surface area contributed by atoms with Gasteiger partial charge in [0.05, 0.1) is 12.3 Å². The minimum atomic E-state index is 0.598. The molecule has 2 aliphatic rings. The molecule has 0 saturated heterocycles. The van der Waals surface area contributed by atoms with Gasteiger partial charge in [0.2, 0.25) is 5.88 Å². The van der Waals surface area contributed by atoms with Crippen LogP contribution in [0.4, 0.5) is 11.5 Å². The van der Waals surface area contributed by atoms with Crippen molar-refractivity contribution < 1.29 is 4.74 Å². The lowest BCUT2D eigenvalue weighted by molar-refractivity contribution is 0.307. The van der Waals surface area contributed by atoms with Crippen molar-refractivity contribution in [3.8, 4) is 5.88 Å². The number of ether oxygens (including phenoxy) is 1. The van der Waals surface area contributed by atoms with Crippen LogP contribution in [0.5, 0.6) is 5.88 Å². The lowest BCUT2D eigenvalue weighted by atomic mass is 10.3. The maximum Gasteiger partial charge on any atom is 0.239 e. The average Bonchev–Trinajstić information content (AvgIpc) is 3.32. The molecule has 110 valence electrons. The minimum absolute atomic E-state index is 0.598. The second kappa shape index (κ2) is 5.90. The zero-order valence-corrected chi connectivity index (χ0v) is 12.3. The highest BCUT2D eigenvalue weighted by atomic mass is 16.5. The molecule has 4 heteroatoms. The molecule has 1 aromatic rings. The average molecular weight is 275 g/mol. The van der Waals surface area contributed by atoms with E-state index in [9.17, 15) is 0 Å². The van der Waals surface area contributed by atoms with Crippen molar-refractivity contribution >= 4 is 11.5 Å². The summed E-state index contributed by atoms with van der Waals surface area (Å²) in [5.41, 5.74) is 6.59. The Morgan fingerprint density at radius 2 is 1.85 bits per heavy atom. The second-order valence-corrected chi connectivity index (χ2v) is 6.20. The molecule has 3 rings (SSSR count). The number of pyridine rings is 1. The highest BCUT2D eigenvalue weighted by molar-refractivity contribution is 5.54. The van der Waals surface area contributed by atoms with E-state index in [-0.39, 0.29) is 0 Å². The largest absolute Gasteiger partial charge is 0.476 e. The first-order valence-electron chi connectivity index (χ1n) is 7.90. The summed E-state index contributed by atoms with van der Waals surface area (Å²) in [6.07, 6.45) is 6.45. The van der Waals surface area contributed by atoms with Crippen LogP contribution in [0.25, 0.3) is 0 Å². The normalized spacial score (nSPS) is 18.1. The van der Waals surface area contributed by atoms with E-state index in [1.807, 2.05) is 12.1 Å². The third kappa shape index (κ3) is 3.56. The Morgan fingerprint density at radius 1 is 1.20 bits per heavy atom. The SMILES string of the molecule is CCCOc1nc(N(CC2CC2)CC2CC2)ccc1N. The number of anilines is 2. The van der Waals surface area contributed by atoms with E-state index in [2.05, 4.69) is 16.8 Å². The van der Waals surface area contributed by atoms with Crippen molar-refractivity contribution in [2.75, 3.05) is 30.3 Å². The Hall–Kier alpha value is -1.45.